The van der Waals surface area contributed by atoms with E-state index in [1.165, 1.54) is 5.57 Å². The summed E-state index contributed by atoms with van der Waals surface area (Å²) in [5.74, 6) is 0.0779. The molecule has 0 spiro atoms. The van der Waals surface area contributed by atoms with Gasteiger partial charge in [-0.3, -0.25) is 9.97 Å². The number of hydrogen-bond acceptors (Lipinski definition) is 6. The maximum absolute atomic E-state index is 11.7. The minimum Gasteiger partial charge on any atom is -0.511 e. The van der Waals surface area contributed by atoms with Gasteiger partial charge in [0, 0.05) is 39.9 Å². The van der Waals surface area contributed by atoms with Crippen LogP contribution in [0.5, 0.6) is 5.75 Å². The molecular weight excluding hydrogens is 592 g/mol. The zero-order chi connectivity index (χ0) is 33.8. The lowest BCUT2D eigenvalue weighted by atomic mass is 9.75. The second kappa shape index (κ2) is 11.7. The molecule has 0 radical (unpaired) electrons. The van der Waals surface area contributed by atoms with Crippen LogP contribution in [0, 0.1) is 5.41 Å². The minimum absolute atomic E-state index is 0.100. The van der Waals surface area contributed by atoms with Gasteiger partial charge in [0.2, 0.25) is 0 Å². The molecule has 0 aliphatic heterocycles. The van der Waals surface area contributed by atoms with Gasteiger partial charge in [-0.15, -0.1) is 0 Å². The fourth-order valence-corrected chi connectivity index (χ4v) is 6.41. The highest BCUT2D eigenvalue weighted by Crippen LogP contribution is 2.45. The lowest BCUT2D eigenvalue weighted by molar-refractivity contribution is 0.351. The van der Waals surface area contributed by atoms with Crippen molar-refractivity contribution in [3.05, 3.63) is 132 Å². The second-order valence-electron chi connectivity index (χ2n) is 14.7. The number of phenolic OH excluding ortho intramolecular Hbond substituents is 1. The summed E-state index contributed by atoms with van der Waals surface area (Å²) in [7, 11) is 0. The summed E-state index contributed by atoms with van der Waals surface area (Å²) >= 11 is 0. The summed E-state index contributed by atoms with van der Waals surface area (Å²) < 4.78 is 0. The number of aromatic hydroxyl groups is 1. The minimum atomic E-state index is -0.336. The van der Waals surface area contributed by atoms with Crippen molar-refractivity contribution in [3.63, 3.8) is 0 Å². The number of benzene rings is 2. The number of aliphatic hydroxyl groups excluding tert-OH is 1. The van der Waals surface area contributed by atoms with Crippen LogP contribution in [0.1, 0.15) is 70.8 Å². The van der Waals surface area contributed by atoms with Gasteiger partial charge >= 0.3 is 0 Å². The molecule has 6 nitrogen and oxygen atoms in total. The van der Waals surface area contributed by atoms with Gasteiger partial charge in [-0.2, -0.15) is 0 Å². The number of pyridine rings is 4. The quantitative estimate of drug-likeness (QED) is 0.188. The smallest absolute Gasteiger partial charge is 0.134 e. The molecule has 240 valence electrons. The van der Waals surface area contributed by atoms with Crippen molar-refractivity contribution in [1.29, 1.82) is 0 Å². The molecule has 6 aromatic rings. The average molecular weight is 633 g/mol. The Labute approximate surface area is 281 Å². The SMILES string of the molecule is CC(C)(C)C1=CC(c2ccccn2)=C(O)C(c2ccc3ccc4ccc(-c5cc(C(C)(C)C)cc(-c6ccccn6)c5O)nc4c3n2)C1. The Morgan fingerprint density at radius 2 is 1.21 bits per heavy atom. The van der Waals surface area contributed by atoms with Crippen LogP contribution in [-0.4, -0.2) is 30.1 Å². The predicted molar refractivity (Wildman–Crippen MR) is 195 cm³/mol. The topological polar surface area (TPSA) is 92.0 Å². The summed E-state index contributed by atoms with van der Waals surface area (Å²) in [6, 6.07) is 27.7. The summed E-state index contributed by atoms with van der Waals surface area (Å²) in [5.41, 5.74) is 8.43. The number of aliphatic hydroxyl groups is 1. The lowest BCUT2D eigenvalue weighted by Crippen LogP contribution is -2.19. The number of phenols is 1. The van der Waals surface area contributed by atoms with Gasteiger partial charge in [-0.1, -0.05) is 83.5 Å². The molecule has 1 aliphatic rings. The van der Waals surface area contributed by atoms with Gasteiger partial charge < -0.3 is 10.2 Å². The van der Waals surface area contributed by atoms with Crippen LogP contribution in [0.15, 0.2) is 115 Å². The van der Waals surface area contributed by atoms with Crippen LogP contribution < -0.4 is 0 Å². The lowest BCUT2D eigenvalue weighted by Gasteiger charge is -2.31. The fourth-order valence-electron chi connectivity index (χ4n) is 6.41. The molecule has 0 saturated heterocycles. The summed E-state index contributed by atoms with van der Waals surface area (Å²) in [6.45, 7) is 13.1. The first kappa shape index (κ1) is 31.3. The van der Waals surface area contributed by atoms with E-state index < -0.39 is 0 Å². The molecule has 0 saturated carbocycles. The maximum Gasteiger partial charge on any atom is 0.134 e. The largest absolute Gasteiger partial charge is 0.511 e. The molecule has 0 amide bonds. The molecule has 48 heavy (non-hydrogen) atoms. The number of rotatable bonds is 4. The molecule has 2 aromatic carbocycles. The third-order valence-electron chi connectivity index (χ3n) is 9.34. The van der Waals surface area contributed by atoms with Gasteiger partial charge in [0.25, 0.3) is 0 Å². The Bertz CT molecular complexity index is 2240. The third kappa shape index (κ3) is 5.72. The first-order valence-corrected chi connectivity index (χ1v) is 16.4. The molecule has 1 aliphatic carbocycles. The van der Waals surface area contributed by atoms with Crippen LogP contribution in [0.25, 0.3) is 49.9 Å². The van der Waals surface area contributed by atoms with E-state index in [1.54, 1.807) is 12.4 Å². The summed E-state index contributed by atoms with van der Waals surface area (Å²) in [4.78, 5) is 19.5. The van der Waals surface area contributed by atoms with E-state index in [0.29, 0.717) is 28.9 Å². The van der Waals surface area contributed by atoms with Crippen LogP contribution >= 0.6 is 0 Å². The van der Waals surface area contributed by atoms with Gasteiger partial charge in [-0.05, 0) is 77.4 Å². The van der Waals surface area contributed by atoms with E-state index in [1.807, 2.05) is 66.7 Å². The molecule has 4 aromatic heterocycles. The van der Waals surface area contributed by atoms with E-state index in [0.717, 1.165) is 44.3 Å². The van der Waals surface area contributed by atoms with Crippen LogP contribution in [0.3, 0.4) is 0 Å². The zero-order valence-corrected chi connectivity index (χ0v) is 28.3. The molecule has 0 bridgehead atoms. The molecule has 1 atom stereocenters. The second-order valence-corrected chi connectivity index (χ2v) is 14.7. The Hall–Kier alpha value is -5.36. The number of nitrogens with zero attached hydrogens (tertiary/aromatic N) is 4. The van der Waals surface area contributed by atoms with E-state index in [9.17, 15) is 10.2 Å². The van der Waals surface area contributed by atoms with Gasteiger partial charge in [0.1, 0.15) is 11.5 Å². The normalized spacial score (nSPS) is 15.6. The molecule has 6 heteroatoms. The van der Waals surface area contributed by atoms with E-state index in [4.69, 9.17) is 9.97 Å². The van der Waals surface area contributed by atoms with Crippen LogP contribution in [-0.2, 0) is 5.41 Å². The van der Waals surface area contributed by atoms with E-state index in [2.05, 4.69) is 75.8 Å². The van der Waals surface area contributed by atoms with Crippen molar-refractivity contribution in [2.24, 2.45) is 5.41 Å². The monoisotopic (exact) mass is 632 g/mol. The highest BCUT2D eigenvalue weighted by atomic mass is 16.3. The first-order chi connectivity index (χ1) is 22.9. The van der Waals surface area contributed by atoms with Crippen molar-refractivity contribution >= 4 is 27.4 Å². The molecule has 4 heterocycles. The Kier molecular flexibility index (Phi) is 7.62. The van der Waals surface area contributed by atoms with Crippen molar-refractivity contribution in [2.75, 3.05) is 0 Å². The first-order valence-electron chi connectivity index (χ1n) is 16.4. The van der Waals surface area contributed by atoms with Crippen molar-refractivity contribution in [1.82, 2.24) is 19.9 Å². The van der Waals surface area contributed by atoms with Crippen molar-refractivity contribution < 1.29 is 10.2 Å². The van der Waals surface area contributed by atoms with Crippen molar-refractivity contribution in [2.45, 2.75) is 59.3 Å². The fraction of sp³-hybridized carbons (Fsp3) is 0.238. The highest BCUT2D eigenvalue weighted by Gasteiger charge is 2.32. The number of hydrogen-bond donors (Lipinski definition) is 2. The predicted octanol–water partition coefficient (Wildman–Crippen LogP) is 10.3. The summed E-state index contributed by atoms with van der Waals surface area (Å²) in [5, 5.41) is 25.3. The highest BCUT2D eigenvalue weighted by molar-refractivity contribution is 6.03. The Morgan fingerprint density at radius 3 is 1.81 bits per heavy atom. The third-order valence-corrected chi connectivity index (χ3v) is 9.34. The number of fused-ring (bicyclic) bond motifs is 3. The average Bonchev–Trinajstić information content (AvgIpc) is 3.07. The van der Waals surface area contributed by atoms with Crippen LogP contribution in [0.4, 0.5) is 0 Å². The number of allylic oxidation sites excluding steroid dienone is 4. The van der Waals surface area contributed by atoms with Crippen LogP contribution in [0.2, 0.25) is 0 Å². The summed E-state index contributed by atoms with van der Waals surface area (Å²) in [6.07, 6.45) is 6.23. The molecule has 2 N–H and O–H groups in total. The van der Waals surface area contributed by atoms with Gasteiger partial charge in [-0.25, -0.2) is 9.97 Å². The molecule has 0 fully saturated rings. The maximum atomic E-state index is 11.7. The van der Waals surface area contributed by atoms with E-state index >= 15 is 0 Å². The van der Waals surface area contributed by atoms with Gasteiger partial charge in [0.05, 0.1) is 39.7 Å². The van der Waals surface area contributed by atoms with Crippen molar-refractivity contribution in [3.8, 4) is 28.3 Å². The zero-order valence-electron chi connectivity index (χ0n) is 28.3. The van der Waals surface area contributed by atoms with Gasteiger partial charge in [0.15, 0.2) is 0 Å². The molecular formula is C42H40N4O2. The Balaban J connectivity index is 1.40. The molecule has 7 rings (SSSR count). The number of aromatic nitrogens is 4. The Morgan fingerprint density at radius 1 is 0.625 bits per heavy atom. The molecule has 1 unspecified atom stereocenters. The van der Waals surface area contributed by atoms with E-state index in [-0.39, 0.29) is 28.3 Å². The standard InChI is InChI=1S/C42H40N4O2/c1-41(2,3)27-21-29(33-11-7-9-19-43-33)39(47)31(23-27)35-17-15-25-13-14-26-16-18-36(46-38(26)37(25)45-35)32-24-28(42(4,5)6)22-30(40(32)48)34-12-8-10-20-44-34/h7-23,32,47-48H,24H2,1-6H3.